The summed E-state index contributed by atoms with van der Waals surface area (Å²) in [5.41, 5.74) is 4.24. The predicted molar refractivity (Wildman–Crippen MR) is 108 cm³/mol. The van der Waals surface area contributed by atoms with E-state index in [4.69, 9.17) is 4.74 Å². The van der Waals surface area contributed by atoms with E-state index >= 15 is 0 Å². The number of rotatable bonds is 0. The summed E-state index contributed by atoms with van der Waals surface area (Å²) < 4.78 is 6.40. The topological polar surface area (TPSA) is 42.4 Å². The third-order valence-electron chi connectivity index (χ3n) is 5.65. The van der Waals surface area contributed by atoms with Crippen LogP contribution < -0.4 is 4.74 Å². The zero-order chi connectivity index (χ0) is 19.2. The van der Waals surface area contributed by atoms with Crippen LogP contribution in [-0.2, 0) is 6.42 Å². The van der Waals surface area contributed by atoms with Crippen LogP contribution >= 0.6 is 0 Å². The van der Waals surface area contributed by atoms with Crippen molar-refractivity contribution in [3.8, 4) is 23.3 Å². The molecule has 27 heavy (non-hydrogen) atoms. The van der Waals surface area contributed by atoms with Crippen LogP contribution in [0, 0.1) is 32.6 Å². The molecule has 136 valence electrons. The molecule has 0 amide bonds. The molecule has 2 heterocycles. The van der Waals surface area contributed by atoms with Crippen molar-refractivity contribution in [3.63, 3.8) is 0 Å². The van der Waals surface area contributed by atoms with Gasteiger partial charge in [0.05, 0.1) is 5.56 Å². The molecule has 1 aromatic heterocycles. The van der Waals surface area contributed by atoms with Gasteiger partial charge in [-0.25, -0.2) is 0 Å². The maximum atomic E-state index is 10.3. The molecular weight excluding hydrogens is 334 g/mol. The Labute approximate surface area is 160 Å². The Balaban J connectivity index is 1.74. The van der Waals surface area contributed by atoms with E-state index in [0.29, 0.717) is 5.75 Å². The van der Waals surface area contributed by atoms with Crippen LogP contribution in [0.1, 0.15) is 41.2 Å². The molecule has 0 radical (unpaired) electrons. The first-order valence-electron chi connectivity index (χ1n) is 9.26. The lowest BCUT2D eigenvalue weighted by Crippen LogP contribution is -2.35. The second-order valence-electron chi connectivity index (χ2n) is 7.52. The van der Waals surface area contributed by atoms with E-state index in [9.17, 15) is 5.11 Å². The smallest absolute Gasteiger partial charge is 0.167 e. The van der Waals surface area contributed by atoms with Crippen molar-refractivity contribution in [2.45, 2.75) is 46.1 Å². The Bertz CT molecular complexity index is 1120. The Kier molecular flexibility index (Phi) is 4.08. The fourth-order valence-electron chi connectivity index (χ4n) is 3.75. The van der Waals surface area contributed by atoms with Crippen molar-refractivity contribution in [3.05, 3.63) is 64.5 Å². The molecule has 0 bridgehead atoms. The number of phenolic OH excluding ortho intramolecular Hbond substituents is 1. The molecule has 1 unspecified atom stereocenters. The van der Waals surface area contributed by atoms with Gasteiger partial charge in [-0.3, -0.25) is 4.98 Å². The van der Waals surface area contributed by atoms with E-state index < -0.39 is 5.60 Å². The average molecular weight is 357 g/mol. The number of fused-ring (bicyclic) bond motifs is 2. The van der Waals surface area contributed by atoms with Gasteiger partial charge in [-0.1, -0.05) is 36.1 Å². The first-order valence-corrected chi connectivity index (χ1v) is 9.26. The van der Waals surface area contributed by atoms with Gasteiger partial charge in [0.25, 0.3) is 0 Å². The summed E-state index contributed by atoms with van der Waals surface area (Å²) in [6.07, 6.45) is 5.30. The number of pyridine rings is 1. The normalized spacial score (nSPS) is 18.4. The minimum absolute atomic E-state index is 0.381. The number of ether oxygens (including phenoxy) is 1. The fraction of sp³-hybridized carbons (Fsp3) is 0.292. The first kappa shape index (κ1) is 17.4. The molecule has 0 aliphatic carbocycles. The van der Waals surface area contributed by atoms with Crippen LogP contribution in [0.5, 0.6) is 11.5 Å². The minimum Gasteiger partial charge on any atom is -0.507 e. The molecule has 3 nitrogen and oxygen atoms in total. The molecule has 1 aliphatic heterocycles. The lowest BCUT2D eigenvalue weighted by Gasteiger charge is -2.34. The molecule has 0 fully saturated rings. The standard InChI is InChI=1S/C24H23NO2/c1-15-16(2)23-20(17(3)22(15)26)10-12-24(4,27-23)11-9-19-14-25-13-18-7-5-6-8-21(18)19/h5-8,13-14,26H,10,12H2,1-4H3. The highest BCUT2D eigenvalue weighted by molar-refractivity contribution is 5.87. The summed E-state index contributed by atoms with van der Waals surface area (Å²) in [6.45, 7) is 7.93. The lowest BCUT2D eigenvalue weighted by atomic mass is 9.87. The van der Waals surface area contributed by atoms with Gasteiger partial charge in [0.15, 0.2) is 5.60 Å². The number of aromatic nitrogens is 1. The van der Waals surface area contributed by atoms with Gasteiger partial charge < -0.3 is 9.84 Å². The molecule has 0 saturated heterocycles. The van der Waals surface area contributed by atoms with Gasteiger partial charge in [0, 0.05) is 35.2 Å². The maximum absolute atomic E-state index is 10.3. The highest BCUT2D eigenvalue weighted by Gasteiger charge is 2.33. The molecule has 4 rings (SSSR count). The number of benzene rings is 2. The van der Waals surface area contributed by atoms with Crippen LogP contribution in [0.15, 0.2) is 36.7 Å². The highest BCUT2D eigenvalue weighted by atomic mass is 16.5. The maximum Gasteiger partial charge on any atom is 0.167 e. The molecule has 3 heteroatoms. The van der Waals surface area contributed by atoms with Crippen molar-refractivity contribution in [2.24, 2.45) is 0 Å². The predicted octanol–water partition coefficient (Wildman–Crippen LogP) is 5.00. The van der Waals surface area contributed by atoms with Crippen molar-refractivity contribution < 1.29 is 9.84 Å². The zero-order valence-electron chi connectivity index (χ0n) is 16.2. The first-order chi connectivity index (χ1) is 12.9. The van der Waals surface area contributed by atoms with Crippen LogP contribution in [0.2, 0.25) is 0 Å². The Morgan fingerprint density at radius 1 is 1.07 bits per heavy atom. The number of hydrogen-bond acceptors (Lipinski definition) is 3. The number of phenols is 1. The van der Waals surface area contributed by atoms with E-state index in [2.05, 4.69) is 22.9 Å². The van der Waals surface area contributed by atoms with Gasteiger partial charge in [-0.15, -0.1) is 0 Å². The van der Waals surface area contributed by atoms with Gasteiger partial charge >= 0.3 is 0 Å². The van der Waals surface area contributed by atoms with Crippen molar-refractivity contribution in [1.82, 2.24) is 4.98 Å². The molecular formula is C24H23NO2. The monoisotopic (exact) mass is 357 g/mol. The molecule has 2 aromatic carbocycles. The largest absolute Gasteiger partial charge is 0.507 e. The quantitative estimate of drug-likeness (QED) is 0.576. The summed E-state index contributed by atoms with van der Waals surface area (Å²) in [4.78, 5) is 4.31. The zero-order valence-corrected chi connectivity index (χ0v) is 16.2. The number of nitrogens with zero attached hydrogens (tertiary/aromatic N) is 1. The van der Waals surface area contributed by atoms with E-state index in [1.807, 2.05) is 58.3 Å². The third-order valence-corrected chi connectivity index (χ3v) is 5.65. The summed E-state index contributed by atoms with van der Waals surface area (Å²) in [6, 6.07) is 8.14. The molecule has 1 aliphatic rings. The molecule has 3 aromatic rings. The van der Waals surface area contributed by atoms with Crippen molar-refractivity contribution in [2.75, 3.05) is 0 Å². The lowest BCUT2D eigenvalue weighted by molar-refractivity contribution is 0.122. The van der Waals surface area contributed by atoms with Gasteiger partial charge in [0.1, 0.15) is 11.5 Å². The second kappa shape index (κ2) is 6.32. The minimum atomic E-state index is -0.565. The van der Waals surface area contributed by atoms with Crippen LogP contribution in [0.3, 0.4) is 0 Å². The SMILES string of the molecule is Cc1c(C)c2c(c(C)c1O)CCC(C)(C#Cc1cncc3ccccc13)O2. The van der Waals surface area contributed by atoms with Crippen molar-refractivity contribution in [1.29, 1.82) is 0 Å². The van der Waals surface area contributed by atoms with Crippen LogP contribution in [0.25, 0.3) is 10.8 Å². The highest BCUT2D eigenvalue weighted by Crippen LogP contribution is 2.43. The summed E-state index contributed by atoms with van der Waals surface area (Å²) in [5, 5.41) is 12.5. The second-order valence-corrected chi connectivity index (χ2v) is 7.52. The van der Waals surface area contributed by atoms with Gasteiger partial charge in [-0.05, 0) is 50.8 Å². The van der Waals surface area contributed by atoms with E-state index in [1.54, 1.807) is 0 Å². The Morgan fingerprint density at radius 2 is 1.85 bits per heavy atom. The number of aromatic hydroxyl groups is 1. The van der Waals surface area contributed by atoms with Crippen LogP contribution in [0.4, 0.5) is 0 Å². The summed E-state index contributed by atoms with van der Waals surface area (Å²) >= 11 is 0. The van der Waals surface area contributed by atoms with E-state index in [0.717, 1.165) is 57.2 Å². The summed E-state index contributed by atoms with van der Waals surface area (Å²) in [5.74, 6) is 7.91. The Morgan fingerprint density at radius 3 is 2.67 bits per heavy atom. The van der Waals surface area contributed by atoms with E-state index in [-0.39, 0.29) is 0 Å². The molecule has 0 saturated carbocycles. The van der Waals surface area contributed by atoms with Gasteiger partial charge in [0.2, 0.25) is 0 Å². The Hall–Kier alpha value is -2.99. The van der Waals surface area contributed by atoms with E-state index in [1.165, 1.54) is 0 Å². The van der Waals surface area contributed by atoms with Gasteiger partial charge in [-0.2, -0.15) is 0 Å². The molecule has 1 atom stereocenters. The number of hydrogen-bond donors (Lipinski definition) is 1. The molecule has 0 spiro atoms. The van der Waals surface area contributed by atoms with Crippen molar-refractivity contribution >= 4 is 10.8 Å². The average Bonchev–Trinajstić information content (AvgIpc) is 2.69. The fourth-order valence-corrected chi connectivity index (χ4v) is 3.75. The summed E-state index contributed by atoms with van der Waals surface area (Å²) in [7, 11) is 0. The van der Waals surface area contributed by atoms with Crippen LogP contribution in [-0.4, -0.2) is 15.7 Å². The third kappa shape index (κ3) is 2.92. The molecule has 1 N–H and O–H groups in total.